The van der Waals surface area contributed by atoms with Crippen LogP contribution in [0.1, 0.15) is 114 Å². The van der Waals surface area contributed by atoms with Crippen LogP contribution >= 0.6 is 7.60 Å². The highest BCUT2D eigenvalue weighted by Gasteiger charge is 2.47. The monoisotopic (exact) mass is 1270 g/mol. The molecular formula is C55H103N8O23P. The predicted octanol–water partition coefficient (Wildman–Crippen LogP) is -2.92. The number of amides is 7. The fraction of sp³-hybridized carbons (Fsp3) is 0.873. The van der Waals surface area contributed by atoms with Gasteiger partial charge in [0.05, 0.1) is 72.7 Å². The molecule has 87 heavy (non-hydrogen) atoms. The first kappa shape index (κ1) is 79.0. The fourth-order valence-electron chi connectivity index (χ4n) is 9.58. The molecule has 15 atom stereocenters. The number of hydrogen-bond acceptors (Lipinski definition) is 23. The average Bonchev–Trinajstić information content (AvgIpc) is 1.94. The second-order valence-corrected chi connectivity index (χ2v) is 25.5. The van der Waals surface area contributed by atoms with Crippen molar-refractivity contribution in [3.05, 3.63) is 0 Å². The molecule has 15 unspecified atom stereocenters. The quantitative estimate of drug-likeness (QED) is 0.0165. The van der Waals surface area contributed by atoms with Gasteiger partial charge in [0, 0.05) is 71.7 Å². The Balaban J connectivity index is 2.11. The molecule has 0 aromatic heterocycles. The van der Waals surface area contributed by atoms with Crippen molar-refractivity contribution in [2.45, 2.75) is 181 Å². The first-order chi connectivity index (χ1) is 41.0. The van der Waals surface area contributed by atoms with Crippen LogP contribution in [-0.2, 0) is 75.8 Å². The Bertz CT molecular complexity index is 2120. The molecule has 0 radical (unpaired) electrons. The molecule has 2 rings (SSSR count). The number of rotatable bonds is 45. The topological polar surface area (TPSA) is 448 Å². The van der Waals surface area contributed by atoms with E-state index in [4.69, 9.17) is 37.7 Å². The SMILES string of the molecule is CCNC(=O)CCOCC(COCCC(=O)NCC(C)CC(C)COC1OC(CO)C(O)C(O)C1NC(C)=O)(COCCC(=O)NCC(C)(C)CC(C)COC1OC(CO)C(O)C(O)C1NC(C)=O)NC(=O)CCCC(=O)NCNCOP(=O)(O)CC. The summed E-state index contributed by atoms with van der Waals surface area (Å²) in [5, 5.41) is 83.0. The zero-order valence-corrected chi connectivity index (χ0v) is 53.0. The van der Waals surface area contributed by atoms with Gasteiger partial charge in [0.1, 0.15) is 61.0 Å². The van der Waals surface area contributed by atoms with Crippen LogP contribution in [0.3, 0.4) is 0 Å². The summed E-state index contributed by atoms with van der Waals surface area (Å²) in [6, 6.07) is -2.19. The maximum atomic E-state index is 13.7. The van der Waals surface area contributed by atoms with Gasteiger partial charge in [-0.05, 0) is 49.4 Å². The van der Waals surface area contributed by atoms with E-state index in [1.807, 2.05) is 34.6 Å². The van der Waals surface area contributed by atoms with Crippen molar-refractivity contribution in [3.63, 3.8) is 0 Å². The van der Waals surface area contributed by atoms with Crippen molar-refractivity contribution in [3.8, 4) is 0 Å². The van der Waals surface area contributed by atoms with Crippen molar-refractivity contribution in [2.24, 2.45) is 23.2 Å². The summed E-state index contributed by atoms with van der Waals surface area (Å²) < 4.78 is 57.8. The Morgan fingerprint density at radius 2 is 1.07 bits per heavy atom. The Morgan fingerprint density at radius 3 is 1.54 bits per heavy atom. The molecule has 2 fully saturated rings. The molecule has 0 spiro atoms. The number of aliphatic hydroxyl groups is 6. The zero-order chi connectivity index (χ0) is 65.3. The number of nitrogens with one attached hydrogen (secondary N) is 8. The van der Waals surface area contributed by atoms with E-state index in [1.54, 1.807) is 6.92 Å². The molecule has 0 saturated carbocycles. The van der Waals surface area contributed by atoms with Gasteiger partial charge in [0.25, 0.3) is 0 Å². The second-order valence-electron chi connectivity index (χ2n) is 23.3. The lowest BCUT2D eigenvalue weighted by Gasteiger charge is -2.42. The average molecular weight is 1280 g/mol. The maximum absolute atomic E-state index is 13.7. The maximum Gasteiger partial charge on any atom is 0.329 e. The molecule has 7 amide bonds. The van der Waals surface area contributed by atoms with Gasteiger partial charge < -0.3 is 106 Å². The highest BCUT2D eigenvalue weighted by molar-refractivity contribution is 7.52. The Kier molecular flexibility index (Phi) is 37.5. The van der Waals surface area contributed by atoms with Gasteiger partial charge in [0.2, 0.25) is 41.4 Å². The molecule has 0 aromatic carbocycles. The van der Waals surface area contributed by atoms with Gasteiger partial charge in [-0.3, -0.25) is 48.0 Å². The number of carbonyl (C=O) groups is 7. The summed E-state index contributed by atoms with van der Waals surface area (Å²) in [7, 11) is -3.73. The standard InChI is InChI=1S/C55H103N8O23P/c1-10-57-42(69)15-18-79-29-55(63-45(72)14-12-13-41(68)60-32-56-33-84-87(77,78)11-2,30-80-19-16-43(70)58-23-34(3)21-35(4)26-82-52-46(61-37(6)66)50(75)48(73)39(24-64)85-52)31-81-20-17-44(71)59-28-54(8,9)22-36(5)27-83-53-47(62-38(7)67)51(76)49(74)40(25-65)86-53/h34-36,39-40,46-53,56,64-65,73-76H,10-33H2,1-9H3,(H,57,69)(H,58,70)(H,59,71)(H,60,68)(H,61,66)(H,62,67)(H,63,72)(H,77,78). The van der Waals surface area contributed by atoms with Crippen LogP contribution in [0.5, 0.6) is 0 Å². The molecule has 31 nitrogen and oxygen atoms in total. The number of aliphatic hydroxyl groups excluding tert-OH is 6. The third-order valence-corrected chi connectivity index (χ3v) is 15.4. The summed E-state index contributed by atoms with van der Waals surface area (Å²) in [6.45, 7) is 13.9. The molecule has 0 bridgehead atoms. The van der Waals surface area contributed by atoms with Crippen LogP contribution in [0.4, 0.5) is 0 Å². The molecule has 15 N–H and O–H groups in total. The highest BCUT2D eigenvalue weighted by Crippen LogP contribution is 2.40. The van der Waals surface area contributed by atoms with Crippen LogP contribution in [-0.4, -0.2) is 249 Å². The van der Waals surface area contributed by atoms with E-state index < -0.39 is 117 Å². The van der Waals surface area contributed by atoms with Crippen LogP contribution in [0, 0.1) is 23.2 Å². The summed E-state index contributed by atoms with van der Waals surface area (Å²) >= 11 is 0. The Morgan fingerprint density at radius 1 is 0.609 bits per heavy atom. The van der Waals surface area contributed by atoms with Gasteiger partial charge in [0.15, 0.2) is 12.6 Å². The van der Waals surface area contributed by atoms with Crippen molar-refractivity contribution in [1.29, 1.82) is 0 Å². The summed E-state index contributed by atoms with van der Waals surface area (Å²) in [4.78, 5) is 98.3. The van der Waals surface area contributed by atoms with E-state index in [2.05, 4.69) is 42.5 Å². The molecule has 0 aromatic rings. The van der Waals surface area contributed by atoms with Gasteiger partial charge in [-0.2, -0.15) is 0 Å². The lowest BCUT2D eigenvalue weighted by atomic mass is 9.83. The van der Waals surface area contributed by atoms with E-state index in [1.165, 1.54) is 20.8 Å². The molecule has 0 aliphatic carbocycles. The minimum absolute atomic E-state index is 0.0112. The lowest BCUT2D eigenvalue weighted by Crippen LogP contribution is -2.64. The zero-order valence-electron chi connectivity index (χ0n) is 52.1. The minimum Gasteiger partial charge on any atom is -0.394 e. The molecule has 506 valence electrons. The van der Waals surface area contributed by atoms with Crippen LogP contribution < -0.4 is 42.5 Å². The van der Waals surface area contributed by atoms with E-state index in [0.29, 0.717) is 19.4 Å². The third-order valence-electron chi connectivity index (χ3n) is 14.0. The Labute approximate surface area is 510 Å². The van der Waals surface area contributed by atoms with Crippen molar-refractivity contribution < 1.29 is 111 Å². The van der Waals surface area contributed by atoms with Crippen molar-refractivity contribution >= 4 is 48.9 Å². The van der Waals surface area contributed by atoms with Gasteiger partial charge in [-0.1, -0.05) is 41.5 Å². The number of ether oxygens (including phenoxy) is 7. The molecule has 32 heteroatoms. The summed E-state index contributed by atoms with van der Waals surface area (Å²) in [6.07, 6.45) is -9.71. The van der Waals surface area contributed by atoms with E-state index in [-0.39, 0.29) is 160 Å². The van der Waals surface area contributed by atoms with Gasteiger partial charge in [-0.25, -0.2) is 0 Å². The van der Waals surface area contributed by atoms with E-state index >= 15 is 0 Å². The van der Waals surface area contributed by atoms with Crippen LogP contribution in [0.2, 0.25) is 0 Å². The Hall–Kier alpha value is -4.12. The first-order valence-corrected chi connectivity index (χ1v) is 31.6. The minimum atomic E-state index is -3.73. The smallest absolute Gasteiger partial charge is 0.329 e. The van der Waals surface area contributed by atoms with Gasteiger partial charge >= 0.3 is 7.60 Å². The predicted molar refractivity (Wildman–Crippen MR) is 311 cm³/mol. The van der Waals surface area contributed by atoms with Crippen LogP contribution in [0.15, 0.2) is 0 Å². The van der Waals surface area contributed by atoms with E-state index in [0.717, 1.165) is 0 Å². The highest BCUT2D eigenvalue weighted by atomic mass is 31.2. The van der Waals surface area contributed by atoms with Crippen LogP contribution in [0.25, 0.3) is 0 Å². The summed E-state index contributed by atoms with van der Waals surface area (Å²) in [5.74, 6) is -3.15. The summed E-state index contributed by atoms with van der Waals surface area (Å²) in [5.41, 5.74) is -1.91. The second kappa shape index (κ2) is 41.3. The molecule has 2 aliphatic rings. The van der Waals surface area contributed by atoms with Crippen molar-refractivity contribution in [1.82, 2.24) is 42.5 Å². The largest absolute Gasteiger partial charge is 0.394 e. The third kappa shape index (κ3) is 31.9. The number of carbonyl (C=O) groups excluding carboxylic acids is 7. The molecule has 2 heterocycles. The molecule has 2 saturated heterocycles. The lowest BCUT2D eigenvalue weighted by molar-refractivity contribution is -0.272. The molecular weight excluding hydrogens is 1170 g/mol. The first-order valence-electron chi connectivity index (χ1n) is 29.8. The normalized spacial score (nSPS) is 24.7. The molecule has 2 aliphatic heterocycles. The number of hydrogen-bond donors (Lipinski definition) is 15. The van der Waals surface area contributed by atoms with E-state index in [9.17, 15) is 73.7 Å². The van der Waals surface area contributed by atoms with Crippen molar-refractivity contribution in [2.75, 3.05) is 105 Å². The van der Waals surface area contributed by atoms with Gasteiger partial charge in [-0.15, -0.1) is 0 Å². The fourth-order valence-corrected chi connectivity index (χ4v) is 10.1.